The molecule has 112 valence electrons. The van der Waals surface area contributed by atoms with Crippen LogP contribution in [0.4, 0.5) is 11.4 Å². The third-order valence-corrected chi connectivity index (χ3v) is 4.59. The van der Waals surface area contributed by atoms with Crippen molar-refractivity contribution in [3.8, 4) is 0 Å². The molecule has 1 heterocycles. The molecule has 0 radical (unpaired) electrons. The van der Waals surface area contributed by atoms with Crippen LogP contribution in [0.3, 0.4) is 0 Å². The fourth-order valence-electron chi connectivity index (χ4n) is 3.38. The van der Waals surface area contributed by atoms with E-state index < -0.39 is 6.10 Å². The maximum atomic E-state index is 11.6. The van der Waals surface area contributed by atoms with Crippen molar-refractivity contribution >= 4 is 23.2 Å². The predicted octanol–water partition coefficient (Wildman–Crippen LogP) is 2.44. The van der Waals surface area contributed by atoms with E-state index in [2.05, 4.69) is 17.6 Å². The predicted molar refractivity (Wildman–Crippen MR) is 79.8 cm³/mol. The second-order valence-corrected chi connectivity index (χ2v) is 6.10. The summed E-state index contributed by atoms with van der Waals surface area (Å²) in [5.41, 5.74) is 1.94. The molecule has 3 rings (SSSR count). The first kappa shape index (κ1) is 14.1. The van der Waals surface area contributed by atoms with Gasteiger partial charge in [0.2, 0.25) is 11.8 Å². The normalized spacial score (nSPS) is 26.6. The Balaban J connectivity index is 1.88. The van der Waals surface area contributed by atoms with E-state index in [9.17, 15) is 14.7 Å². The number of anilines is 2. The molecule has 1 aliphatic heterocycles. The van der Waals surface area contributed by atoms with Gasteiger partial charge in [-0.25, -0.2) is 0 Å². The van der Waals surface area contributed by atoms with E-state index in [0.29, 0.717) is 17.3 Å². The molecule has 2 amide bonds. The van der Waals surface area contributed by atoms with Crippen LogP contribution < -0.4 is 10.6 Å². The molecule has 3 N–H and O–H groups in total. The summed E-state index contributed by atoms with van der Waals surface area (Å²) in [5, 5.41) is 16.0. The molecule has 1 aromatic carbocycles. The third-order valence-electron chi connectivity index (χ3n) is 4.59. The molecule has 0 saturated heterocycles. The van der Waals surface area contributed by atoms with Gasteiger partial charge in [-0.15, -0.1) is 0 Å². The number of amides is 2. The van der Waals surface area contributed by atoms with Gasteiger partial charge in [0, 0.05) is 0 Å². The molecule has 1 fully saturated rings. The molecule has 2 aliphatic rings. The number of benzene rings is 1. The molecule has 5 heteroatoms. The van der Waals surface area contributed by atoms with E-state index in [1.807, 2.05) is 6.07 Å². The van der Waals surface area contributed by atoms with Gasteiger partial charge in [-0.2, -0.15) is 0 Å². The molecule has 3 unspecified atom stereocenters. The van der Waals surface area contributed by atoms with Crippen molar-refractivity contribution in [2.75, 3.05) is 10.6 Å². The number of hydrogen-bond donors (Lipinski definition) is 3. The zero-order chi connectivity index (χ0) is 15.0. The lowest BCUT2D eigenvalue weighted by Crippen LogP contribution is -2.16. The van der Waals surface area contributed by atoms with Crippen LogP contribution >= 0.6 is 0 Å². The minimum Gasteiger partial charge on any atom is -0.388 e. The summed E-state index contributed by atoms with van der Waals surface area (Å²) >= 11 is 0. The largest absolute Gasteiger partial charge is 0.388 e. The summed E-state index contributed by atoms with van der Waals surface area (Å²) < 4.78 is 0. The lowest BCUT2D eigenvalue weighted by atomic mass is 9.88. The first-order valence-corrected chi connectivity index (χ1v) is 7.46. The Morgan fingerprint density at radius 1 is 1.14 bits per heavy atom. The van der Waals surface area contributed by atoms with Crippen LogP contribution in [0.5, 0.6) is 0 Å². The molecule has 1 aliphatic carbocycles. The fraction of sp³-hybridized carbons (Fsp3) is 0.500. The minimum absolute atomic E-state index is 0.174. The maximum absolute atomic E-state index is 11.6. The fourth-order valence-corrected chi connectivity index (χ4v) is 3.38. The molecule has 0 aromatic heterocycles. The van der Waals surface area contributed by atoms with Crippen molar-refractivity contribution in [2.45, 2.75) is 38.7 Å². The van der Waals surface area contributed by atoms with Crippen LogP contribution in [0.2, 0.25) is 0 Å². The molecule has 3 atom stereocenters. The highest BCUT2D eigenvalue weighted by atomic mass is 16.3. The molecular formula is C16H20N2O3. The topological polar surface area (TPSA) is 78.4 Å². The molecule has 1 saturated carbocycles. The van der Waals surface area contributed by atoms with Gasteiger partial charge in [-0.3, -0.25) is 9.59 Å². The second kappa shape index (κ2) is 5.48. The lowest BCUT2D eigenvalue weighted by molar-refractivity contribution is -0.123. The summed E-state index contributed by atoms with van der Waals surface area (Å²) in [6, 6.07) is 5.35. The molecule has 21 heavy (non-hydrogen) atoms. The summed E-state index contributed by atoms with van der Waals surface area (Å²) in [4.78, 5) is 23.1. The van der Waals surface area contributed by atoms with Crippen LogP contribution in [0.1, 0.15) is 44.3 Å². The zero-order valence-electron chi connectivity index (χ0n) is 12.1. The summed E-state index contributed by atoms with van der Waals surface area (Å²) in [5.74, 6) is 0.128. The van der Waals surface area contributed by atoms with Crippen LogP contribution in [0.15, 0.2) is 18.2 Å². The first-order chi connectivity index (χ1) is 10.0. The number of aliphatic hydroxyl groups excluding tert-OH is 1. The van der Waals surface area contributed by atoms with E-state index in [1.165, 1.54) is 0 Å². The summed E-state index contributed by atoms with van der Waals surface area (Å²) in [7, 11) is 0. The van der Waals surface area contributed by atoms with Crippen molar-refractivity contribution in [3.05, 3.63) is 23.8 Å². The Labute approximate surface area is 123 Å². The Bertz CT molecular complexity index is 585. The van der Waals surface area contributed by atoms with Crippen molar-refractivity contribution < 1.29 is 14.7 Å². The van der Waals surface area contributed by atoms with E-state index in [-0.39, 0.29) is 24.2 Å². The highest BCUT2D eigenvalue weighted by molar-refractivity contribution is 6.13. The number of fused-ring (bicyclic) bond motifs is 1. The Morgan fingerprint density at radius 2 is 1.86 bits per heavy atom. The van der Waals surface area contributed by atoms with Crippen LogP contribution in [0.25, 0.3) is 0 Å². The number of hydrogen-bond acceptors (Lipinski definition) is 3. The molecule has 0 spiro atoms. The van der Waals surface area contributed by atoms with Gasteiger partial charge in [0.15, 0.2) is 0 Å². The average Bonchev–Trinajstić information content (AvgIpc) is 2.79. The minimum atomic E-state index is -0.524. The highest BCUT2D eigenvalue weighted by Crippen LogP contribution is 2.41. The van der Waals surface area contributed by atoms with Crippen LogP contribution in [0, 0.1) is 11.8 Å². The SMILES string of the molecule is CC1CCCC1C(O)c1ccc2c(c1)NC(=O)CC(=O)N2. The van der Waals surface area contributed by atoms with Crippen molar-refractivity contribution in [1.82, 2.24) is 0 Å². The quantitative estimate of drug-likeness (QED) is 0.731. The third kappa shape index (κ3) is 2.78. The van der Waals surface area contributed by atoms with Gasteiger partial charge in [-0.1, -0.05) is 25.8 Å². The standard InChI is InChI=1S/C16H20N2O3/c1-9-3-2-4-11(9)16(21)10-5-6-12-13(7-10)18-15(20)8-14(19)17-12/h5-7,9,11,16,21H,2-4,8H2,1H3,(H,17,19)(H,18,20). The number of rotatable bonds is 2. The molecule has 1 aromatic rings. The van der Waals surface area contributed by atoms with Gasteiger partial charge in [0.05, 0.1) is 17.5 Å². The van der Waals surface area contributed by atoms with E-state index in [0.717, 1.165) is 24.8 Å². The van der Waals surface area contributed by atoms with Gasteiger partial charge < -0.3 is 15.7 Å². The molecule has 0 bridgehead atoms. The van der Waals surface area contributed by atoms with E-state index >= 15 is 0 Å². The first-order valence-electron chi connectivity index (χ1n) is 7.46. The van der Waals surface area contributed by atoms with Crippen LogP contribution in [-0.4, -0.2) is 16.9 Å². The Morgan fingerprint density at radius 3 is 2.52 bits per heavy atom. The van der Waals surface area contributed by atoms with Gasteiger partial charge >= 0.3 is 0 Å². The van der Waals surface area contributed by atoms with Gasteiger partial charge in [-0.05, 0) is 36.0 Å². The maximum Gasteiger partial charge on any atom is 0.233 e. The zero-order valence-corrected chi connectivity index (χ0v) is 12.1. The van der Waals surface area contributed by atoms with Crippen molar-refractivity contribution in [1.29, 1.82) is 0 Å². The monoisotopic (exact) mass is 288 g/mol. The Kier molecular flexibility index (Phi) is 3.68. The number of aliphatic hydroxyl groups is 1. The van der Waals surface area contributed by atoms with Crippen molar-refractivity contribution in [2.24, 2.45) is 11.8 Å². The molecule has 5 nitrogen and oxygen atoms in total. The van der Waals surface area contributed by atoms with E-state index in [4.69, 9.17) is 0 Å². The average molecular weight is 288 g/mol. The van der Waals surface area contributed by atoms with Crippen LogP contribution in [-0.2, 0) is 9.59 Å². The summed E-state index contributed by atoms with van der Waals surface area (Å²) in [6.07, 6.45) is 2.64. The molecular weight excluding hydrogens is 268 g/mol. The van der Waals surface area contributed by atoms with E-state index in [1.54, 1.807) is 12.1 Å². The number of carbonyl (C=O) groups is 2. The summed E-state index contributed by atoms with van der Waals surface area (Å²) in [6.45, 7) is 2.17. The second-order valence-electron chi connectivity index (χ2n) is 6.10. The lowest BCUT2D eigenvalue weighted by Gasteiger charge is -2.23. The number of nitrogens with one attached hydrogen (secondary N) is 2. The highest BCUT2D eigenvalue weighted by Gasteiger charge is 2.31. The van der Waals surface area contributed by atoms with Gasteiger partial charge in [0.1, 0.15) is 6.42 Å². The smallest absolute Gasteiger partial charge is 0.233 e. The number of carbonyl (C=O) groups excluding carboxylic acids is 2. The van der Waals surface area contributed by atoms with Gasteiger partial charge in [0.25, 0.3) is 0 Å². The Hall–Kier alpha value is -1.88. The van der Waals surface area contributed by atoms with Crippen molar-refractivity contribution in [3.63, 3.8) is 0 Å².